The van der Waals surface area contributed by atoms with Crippen molar-refractivity contribution in [1.82, 2.24) is 0 Å². The molecule has 25 heavy (non-hydrogen) atoms. The Morgan fingerprint density at radius 1 is 1.32 bits per heavy atom. The lowest BCUT2D eigenvalue weighted by Crippen LogP contribution is -2.10. The Bertz CT molecular complexity index is 953. The highest BCUT2D eigenvalue weighted by Crippen LogP contribution is 2.36. The molecule has 0 saturated carbocycles. The van der Waals surface area contributed by atoms with Crippen LogP contribution in [0.2, 0.25) is 5.02 Å². The summed E-state index contributed by atoms with van der Waals surface area (Å²) in [5.41, 5.74) is 0.788. The summed E-state index contributed by atoms with van der Waals surface area (Å²) in [6.07, 6.45) is 1.68. The number of carbonyl (C=O) groups excluding carboxylic acids is 2. The molecule has 128 valence electrons. The standard InChI is InChI=1S/C19H15ClO4S/c1-3-23-19(22)11(2)9-16-17(18(21)14-5-4-8-24-14)13-10-12(20)6-7-15(13)25-16/h4-8,10H,2-3,9H2,1H3. The summed E-state index contributed by atoms with van der Waals surface area (Å²) in [7, 11) is 0. The Kier molecular flexibility index (Phi) is 5.06. The van der Waals surface area contributed by atoms with Gasteiger partial charge < -0.3 is 9.15 Å². The van der Waals surface area contributed by atoms with E-state index >= 15 is 0 Å². The number of fused-ring (bicyclic) bond motifs is 1. The normalized spacial score (nSPS) is 10.8. The molecule has 0 N–H and O–H groups in total. The van der Waals surface area contributed by atoms with Gasteiger partial charge in [-0.1, -0.05) is 18.2 Å². The van der Waals surface area contributed by atoms with Crippen molar-refractivity contribution in [3.63, 3.8) is 0 Å². The number of hydrogen-bond acceptors (Lipinski definition) is 5. The minimum atomic E-state index is -0.464. The van der Waals surface area contributed by atoms with Crippen LogP contribution < -0.4 is 0 Å². The summed E-state index contributed by atoms with van der Waals surface area (Å²) >= 11 is 7.54. The van der Waals surface area contributed by atoms with Gasteiger partial charge in [0.05, 0.1) is 12.9 Å². The van der Waals surface area contributed by atoms with Gasteiger partial charge in [-0.15, -0.1) is 11.3 Å². The third kappa shape index (κ3) is 3.52. The number of esters is 1. The maximum Gasteiger partial charge on any atom is 0.333 e. The van der Waals surface area contributed by atoms with Crippen LogP contribution in [0.5, 0.6) is 0 Å². The highest BCUT2D eigenvalue weighted by molar-refractivity contribution is 7.19. The molecule has 0 unspecified atom stereocenters. The lowest BCUT2D eigenvalue weighted by atomic mass is 10.0. The number of thiophene rings is 1. The molecule has 0 aliphatic rings. The summed E-state index contributed by atoms with van der Waals surface area (Å²) in [6, 6.07) is 8.65. The van der Waals surface area contributed by atoms with Crippen molar-refractivity contribution in [2.24, 2.45) is 0 Å². The third-order valence-corrected chi connectivity index (χ3v) is 5.04. The topological polar surface area (TPSA) is 56.5 Å². The van der Waals surface area contributed by atoms with E-state index in [9.17, 15) is 9.59 Å². The van der Waals surface area contributed by atoms with E-state index in [1.54, 1.807) is 31.2 Å². The smallest absolute Gasteiger partial charge is 0.333 e. The fourth-order valence-electron chi connectivity index (χ4n) is 2.52. The first-order valence-corrected chi connectivity index (χ1v) is 8.84. The van der Waals surface area contributed by atoms with Crippen LogP contribution in [-0.4, -0.2) is 18.4 Å². The molecule has 0 fully saturated rings. The predicted octanol–water partition coefficient (Wildman–Crippen LogP) is 5.04. The van der Waals surface area contributed by atoms with Crippen LogP contribution in [0, 0.1) is 0 Å². The lowest BCUT2D eigenvalue weighted by molar-refractivity contribution is -0.138. The highest BCUT2D eigenvalue weighted by atomic mass is 35.5. The zero-order valence-corrected chi connectivity index (χ0v) is 15.1. The van der Waals surface area contributed by atoms with Crippen molar-refractivity contribution in [3.05, 3.63) is 70.0 Å². The van der Waals surface area contributed by atoms with Gasteiger partial charge in [0.15, 0.2) is 5.76 Å². The third-order valence-electron chi connectivity index (χ3n) is 3.63. The maximum atomic E-state index is 12.9. The molecule has 0 radical (unpaired) electrons. The lowest BCUT2D eigenvalue weighted by Gasteiger charge is -2.06. The van der Waals surface area contributed by atoms with Gasteiger partial charge >= 0.3 is 5.97 Å². The molecule has 2 heterocycles. The second-order valence-corrected chi connectivity index (χ2v) is 6.92. The fourth-order valence-corrected chi connectivity index (χ4v) is 3.92. The van der Waals surface area contributed by atoms with Crippen molar-refractivity contribution in [1.29, 1.82) is 0 Å². The molecule has 0 bridgehead atoms. The van der Waals surface area contributed by atoms with Crippen molar-refractivity contribution in [3.8, 4) is 0 Å². The molecule has 0 atom stereocenters. The molecule has 0 amide bonds. The summed E-state index contributed by atoms with van der Waals surface area (Å²) in [6.45, 7) is 5.80. The largest absolute Gasteiger partial charge is 0.463 e. The van der Waals surface area contributed by atoms with E-state index in [0.717, 1.165) is 15.0 Å². The zero-order valence-electron chi connectivity index (χ0n) is 13.5. The summed E-state index contributed by atoms with van der Waals surface area (Å²) in [5.74, 6) is -0.470. The number of carbonyl (C=O) groups is 2. The molecule has 6 heteroatoms. The first kappa shape index (κ1) is 17.5. The van der Waals surface area contributed by atoms with Gasteiger partial charge in [0.2, 0.25) is 5.78 Å². The minimum Gasteiger partial charge on any atom is -0.463 e. The van der Waals surface area contributed by atoms with E-state index in [2.05, 4.69) is 6.58 Å². The van der Waals surface area contributed by atoms with Crippen LogP contribution >= 0.6 is 22.9 Å². The minimum absolute atomic E-state index is 0.234. The first-order chi connectivity index (χ1) is 12.0. The second-order valence-electron chi connectivity index (χ2n) is 5.35. The molecular weight excluding hydrogens is 360 g/mol. The molecular formula is C19H15ClO4S. The Hall–Kier alpha value is -2.37. The van der Waals surface area contributed by atoms with E-state index in [4.69, 9.17) is 20.8 Å². The fraction of sp³-hybridized carbons (Fsp3) is 0.158. The van der Waals surface area contributed by atoms with Crippen molar-refractivity contribution >= 4 is 44.8 Å². The van der Waals surface area contributed by atoms with Gasteiger partial charge in [-0.2, -0.15) is 0 Å². The van der Waals surface area contributed by atoms with E-state index in [0.29, 0.717) is 16.2 Å². The van der Waals surface area contributed by atoms with Crippen molar-refractivity contribution in [2.75, 3.05) is 6.61 Å². The van der Waals surface area contributed by atoms with Crippen molar-refractivity contribution in [2.45, 2.75) is 13.3 Å². The van der Waals surface area contributed by atoms with Crippen LogP contribution in [0.4, 0.5) is 0 Å². The zero-order chi connectivity index (χ0) is 18.0. The summed E-state index contributed by atoms with van der Waals surface area (Å²) in [4.78, 5) is 25.5. The Labute approximate surface area is 153 Å². The monoisotopic (exact) mass is 374 g/mol. The Morgan fingerprint density at radius 3 is 2.80 bits per heavy atom. The molecule has 3 aromatic rings. The number of ether oxygens (including phenoxy) is 1. The number of rotatable bonds is 6. The van der Waals surface area contributed by atoms with E-state index in [1.165, 1.54) is 17.6 Å². The summed E-state index contributed by atoms with van der Waals surface area (Å²) < 4.78 is 11.1. The van der Waals surface area contributed by atoms with Gasteiger partial charge in [-0.25, -0.2) is 4.79 Å². The number of halogens is 1. The first-order valence-electron chi connectivity index (χ1n) is 7.65. The van der Waals surface area contributed by atoms with Gasteiger partial charge in [0.1, 0.15) is 0 Å². The predicted molar refractivity (Wildman–Crippen MR) is 98.5 cm³/mol. The van der Waals surface area contributed by atoms with E-state index in [1.807, 2.05) is 6.07 Å². The Morgan fingerprint density at radius 2 is 2.12 bits per heavy atom. The van der Waals surface area contributed by atoms with Crippen molar-refractivity contribution < 1.29 is 18.7 Å². The average Bonchev–Trinajstić information content (AvgIpc) is 3.22. The maximum absolute atomic E-state index is 12.9. The number of hydrogen-bond donors (Lipinski definition) is 0. The van der Waals surface area contributed by atoms with Gasteiger partial charge in [-0.05, 0) is 37.3 Å². The molecule has 0 aliphatic heterocycles. The highest BCUT2D eigenvalue weighted by Gasteiger charge is 2.24. The Balaban J connectivity index is 2.08. The molecule has 3 rings (SSSR count). The van der Waals surface area contributed by atoms with Gasteiger partial charge in [0, 0.05) is 37.5 Å². The van der Waals surface area contributed by atoms with Crippen LogP contribution in [0.3, 0.4) is 0 Å². The van der Waals surface area contributed by atoms with Crippen LogP contribution in [0.1, 0.15) is 27.9 Å². The summed E-state index contributed by atoms with van der Waals surface area (Å²) in [5, 5.41) is 1.28. The quantitative estimate of drug-likeness (QED) is 0.344. The second kappa shape index (κ2) is 7.25. The molecule has 2 aromatic heterocycles. The van der Waals surface area contributed by atoms with E-state index < -0.39 is 5.97 Å². The van der Waals surface area contributed by atoms with Crippen LogP contribution in [0.25, 0.3) is 10.1 Å². The average molecular weight is 375 g/mol. The molecule has 0 saturated heterocycles. The number of furan rings is 1. The van der Waals surface area contributed by atoms with Gasteiger partial charge in [-0.3, -0.25) is 4.79 Å². The van der Waals surface area contributed by atoms with Crippen LogP contribution in [-0.2, 0) is 16.0 Å². The number of ketones is 1. The van der Waals surface area contributed by atoms with E-state index in [-0.39, 0.29) is 24.6 Å². The van der Waals surface area contributed by atoms with Gasteiger partial charge in [0.25, 0.3) is 0 Å². The molecule has 0 spiro atoms. The molecule has 1 aromatic carbocycles. The number of benzene rings is 1. The molecule has 0 aliphatic carbocycles. The molecule has 4 nitrogen and oxygen atoms in total. The van der Waals surface area contributed by atoms with Crippen LogP contribution in [0.15, 0.2) is 53.2 Å². The SMILES string of the molecule is C=C(Cc1sc2ccc(Cl)cc2c1C(=O)c1ccco1)C(=O)OCC.